The number of carbonyl (C=O) groups is 1. The van der Waals surface area contributed by atoms with E-state index < -0.39 is 22.6 Å². The Bertz CT molecular complexity index is 543. The van der Waals surface area contributed by atoms with Crippen LogP contribution in [0, 0.1) is 0 Å². The van der Waals surface area contributed by atoms with Crippen LogP contribution in [-0.2, 0) is 21.2 Å². The van der Waals surface area contributed by atoms with Gasteiger partial charge in [0.1, 0.15) is 0 Å². The smallest absolute Gasteiger partial charge is 0.341 e. The van der Waals surface area contributed by atoms with Gasteiger partial charge >= 0.3 is 5.97 Å². The van der Waals surface area contributed by atoms with Crippen LogP contribution in [0.15, 0.2) is 6.20 Å². The number of nitrogens with one attached hydrogen (secondary N) is 1. The molecular formula is C9H13N3O5S. The van der Waals surface area contributed by atoms with Gasteiger partial charge in [0.05, 0.1) is 18.1 Å². The minimum absolute atomic E-state index is 0.0722. The van der Waals surface area contributed by atoms with Crippen LogP contribution in [0.1, 0.15) is 12.6 Å². The first-order valence-electron chi connectivity index (χ1n) is 5.00. The molecular weight excluding hydrogens is 262 g/mol. The Morgan fingerprint density at radius 3 is 2.72 bits per heavy atom. The highest BCUT2D eigenvalue weighted by molar-refractivity contribution is 7.91. The van der Waals surface area contributed by atoms with Crippen LogP contribution in [0.2, 0.25) is 0 Å². The molecule has 2 N–H and O–H groups in total. The van der Waals surface area contributed by atoms with Crippen LogP contribution in [0.3, 0.4) is 0 Å². The summed E-state index contributed by atoms with van der Waals surface area (Å²) in [5.74, 6) is -0.966. The molecule has 0 saturated carbocycles. The summed E-state index contributed by atoms with van der Waals surface area (Å²) in [4.78, 5) is 18.0. The standard InChI is InChI=1S/C9H13N3O5S/c1-3-6-7(17-5-8(13)14)4-10-9(11-6)12-18(2,15)16/h4H,3,5H2,1-2H3,(H,13,14)(H,10,11,12). The summed E-state index contributed by atoms with van der Waals surface area (Å²) in [6.07, 6.45) is 2.68. The predicted octanol–water partition coefficient (Wildman–Crippen LogP) is -0.126. The highest BCUT2D eigenvalue weighted by Gasteiger charge is 2.11. The zero-order valence-electron chi connectivity index (χ0n) is 9.87. The number of hydrogen-bond donors (Lipinski definition) is 2. The second-order valence-electron chi connectivity index (χ2n) is 3.41. The van der Waals surface area contributed by atoms with Gasteiger partial charge in [-0.2, -0.15) is 0 Å². The number of carboxylic acids is 1. The molecule has 0 aliphatic rings. The summed E-state index contributed by atoms with van der Waals surface area (Å²) in [5, 5.41) is 8.49. The van der Waals surface area contributed by atoms with Crippen LogP contribution in [0.5, 0.6) is 5.75 Å². The van der Waals surface area contributed by atoms with Crippen molar-refractivity contribution in [1.82, 2.24) is 9.97 Å². The van der Waals surface area contributed by atoms with Crippen LogP contribution in [0.4, 0.5) is 5.95 Å². The molecule has 1 aromatic rings. The quantitative estimate of drug-likeness (QED) is 0.742. The maximum absolute atomic E-state index is 11.0. The topological polar surface area (TPSA) is 118 Å². The van der Waals surface area contributed by atoms with Gasteiger partial charge in [-0.3, -0.25) is 4.72 Å². The van der Waals surface area contributed by atoms with Gasteiger partial charge in [-0.1, -0.05) is 6.92 Å². The van der Waals surface area contributed by atoms with Gasteiger partial charge in [0.15, 0.2) is 12.4 Å². The number of ether oxygens (including phenoxy) is 1. The maximum Gasteiger partial charge on any atom is 0.341 e. The number of hydrogen-bond acceptors (Lipinski definition) is 6. The number of nitrogens with zero attached hydrogens (tertiary/aromatic N) is 2. The van der Waals surface area contributed by atoms with Crippen molar-refractivity contribution >= 4 is 21.9 Å². The molecule has 1 heterocycles. The number of rotatable bonds is 6. The maximum atomic E-state index is 11.0. The molecule has 0 amide bonds. The molecule has 0 aromatic carbocycles. The van der Waals surface area contributed by atoms with E-state index in [1.807, 2.05) is 0 Å². The molecule has 0 unspecified atom stereocenters. The van der Waals surface area contributed by atoms with Gasteiger partial charge < -0.3 is 9.84 Å². The van der Waals surface area contributed by atoms with Gasteiger partial charge in [-0.05, 0) is 6.42 Å². The van der Waals surface area contributed by atoms with Gasteiger partial charge in [-0.15, -0.1) is 0 Å². The van der Waals surface area contributed by atoms with Gasteiger partial charge in [0, 0.05) is 0 Å². The summed E-state index contributed by atoms with van der Waals surface area (Å²) >= 11 is 0. The van der Waals surface area contributed by atoms with Crippen molar-refractivity contribution in [2.75, 3.05) is 17.6 Å². The summed E-state index contributed by atoms with van der Waals surface area (Å²) in [6.45, 7) is 1.27. The lowest BCUT2D eigenvalue weighted by Crippen LogP contribution is -2.15. The van der Waals surface area contributed by atoms with E-state index in [9.17, 15) is 13.2 Å². The fourth-order valence-electron chi connectivity index (χ4n) is 1.13. The molecule has 8 nitrogen and oxygen atoms in total. The Balaban J connectivity index is 2.92. The zero-order valence-corrected chi connectivity index (χ0v) is 10.7. The molecule has 0 aliphatic carbocycles. The zero-order chi connectivity index (χ0) is 13.8. The molecule has 9 heteroatoms. The molecule has 100 valence electrons. The van der Waals surface area contributed by atoms with Crippen LogP contribution in [0.25, 0.3) is 0 Å². The van der Waals surface area contributed by atoms with Gasteiger partial charge in [0.2, 0.25) is 16.0 Å². The lowest BCUT2D eigenvalue weighted by Gasteiger charge is -2.09. The predicted molar refractivity (Wildman–Crippen MR) is 63.0 cm³/mol. The molecule has 1 rings (SSSR count). The monoisotopic (exact) mass is 275 g/mol. The third-order valence-corrected chi connectivity index (χ3v) is 2.35. The van der Waals surface area contributed by atoms with E-state index in [-0.39, 0.29) is 11.7 Å². The lowest BCUT2D eigenvalue weighted by molar-refractivity contribution is -0.139. The molecule has 0 radical (unpaired) electrons. The van der Waals surface area contributed by atoms with Crippen molar-refractivity contribution < 1.29 is 23.1 Å². The van der Waals surface area contributed by atoms with Crippen molar-refractivity contribution in [2.24, 2.45) is 0 Å². The first kappa shape index (κ1) is 14.2. The van der Waals surface area contributed by atoms with Gasteiger partial charge in [0.25, 0.3) is 0 Å². The highest BCUT2D eigenvalue weighted by atomic mass is 32.2. The third-order valence-electron chi connectivity index (χ3n) is 1.79. The molecule has 0 spiro atoms. The first-order valence-corrected chi connectivity index (χ1v) is 6.89. The van der Waals surface area contributed by atoms with E-state index in [1.165, 1.54) is 6.20 Å². The summed E-state index contributed by atoms with van der Waals surface area (Å²) in [5.41, 5.74) is 0.428. The molecule has 0 atom stereocenters. The Hall–Kier alpha value is -1.90. The molecule has 0 fully saturated rings. The average Bonchev–Trinajstić information content (AvgIpc) is 2.24. The van der Waals surface area contributed by atoms with Crippen molar-refractivity contribution in [3.63, 3.8) is 0 Å². The van der Waals surface area contributed by atoms with E-state index in [4.69, 9.17) is 9.84 Å². The first-order chi connectivity index (χ1) is 8.31. The molecule has 0 aliphatic heterocycles. The van der Waals surface area contributed by atoms with Crippen molar-refractivity contribution in [2.45, 2.75) is 13.3 Å². The van der Waals surface area contributed by atoms with E-state index in [1.54, 1.807) is 6.92 Å². The Labute approximate surface area is 104 Å². The Morgan fingerprint density at radius 1 is 1.56 bits per heavy atom. The van der Waals surface area contributed by atoms with Crippen molar-refractivity contribution in [1.29, 1.82) is 0 Å². The molecule has 18 heavy (non-hydrogen) atoms. The number of carboxylic acid groups (broad SMARTS) is 1. The normalized spacial score (nSPS) is 11.0. The number of aryl methyl sites for hydroxylation is 1. The van der Waals surface area contributed by atoms with E-state index >= 15 is 0 Å². The molecule has 1 aromatic heterocycles. The fourth-order valence-corrected chi connectivity index (χ4v) is 1.56. The van der Waals surface area contributed by atoms with Crippen LogP contribution >= 0.6 is 0 Å². The molecule has 0 saturated heterocycles. The SMILES string of the molecule is CCc1nc(NS(C)(=O)=O)ncc1OCC(=O)O. The van der Waals surface area contributed by atoms with Gasteiger partial charge in [-0.25, -0.2) is 23.2 Å². The van der Waals surface area contributed by atoms with E-state index in [0.29, 0.717) is 12.1 Å². The number of aliphatic carboxylic acids is 1. The third kappa shape index (κ3) is 4.53. The lowest BCUT2D eigenvalue weighted by atomic mass is 10.3. The second kappa shape index (κ2) is 5.63. The summed E-state index contributed by atoms with van der Waals surface area (Å²) in [6, 6.07) is 0. The summed E-state index contributed by atoms with van der Waals surface area (Å²) < 4.78 is 29.1. The Kier molecular flexibility index (Phi) is 4.43. The highest BCUT2D eigenvalue weighted by Crippen LogP contribution is 2.17. The Morgan fingerprint density at radius 2 is 2.22 bits per heavy atom. The minimum Gasteiger partial charge on any atom is -0.479 e. The second-order valence-corrected chi connectivity index (χ2v) is 5.16. The molecule has 0 bridgehead atoms. The van der Waals surface area contributed by atoms with E-state index in [0.717, 1.165) is 6.26 Å². The summed E-state index contributed by atoms with van der Waals surface area (Å²) in [7, 11) is -3.45. The largest absolute Gasteiger partial charge is 0.479 e. The van der Waals surface area contributed by atoms with Crippen LogP contribution in [-0.4, -0.2) is 42.3 Å². The van der Waals surface area contributed by atoms with Crippen molar-refractivity contribution in [3.05, 3.63) is 11.9 Å². The van der Waals surface area contributed by atoms with E-state index in [2.05, 4.69) is 14.7 Å². The fraction of sp³-hybridized carbons (Fsp3) is 0.444. The minimum atomic E-state index is -3.45. The number of aromatic nitrogens is 2. The van der Waals surface area contributed by atoms with Crippen molar-refractivity contribution in [3.8, 4) is 5.75 Å². The number of sulfonamides is 1. The number of anilines is 1. The van der Waals surface area contributed by atoms with Crippen LogP contribution < -0.4 is 9.46 Å². The average molecular weight is 275 g/mol.